The van der Waals surface area contributed by atoms with Crippen molar-refractivity contribution in [1.29, 1.82) is 0 Å². The largest absolute Gasteiger partial charge is 0.494 e. The summed E-state index contributed by atoms with van der Waals surface area (Å²) in [7, 11) is 1.60. The van der Waals surface area contributed by atoms with Crippen LogP contribution in [0.15, 0.2) is 47.1 Å². The van der Waals surface area contributed by atoms with E-state index < -0.39 is 0 Å². The van der Waals surface area contributed by atoms with E-state index in [1.165, 1.54) is 0 Å². The van der Waals surface area contributed by atoms with Crippen molar-refractivity contribution in [3.8, 4) is 22.9 Å². The molecular weight excluding hydrogens is 473 g/mol. The van der Waals surface area contributed by atoms with Crippen LogP contribution in [0.4, 0.5) is 0 Å². The number of aryl methyl sites for hydroxylation is 1. The van der Waals surface area contributed by atoms with Crippen molar-refractivity contribution < 1.29 is 9.15 Å². The highest BCUT2D eigenvalue weighted by Crippen LogP contribution is 2.35. The molecule has 0 amide bonds. The predicted octanol–water partition coefficient (Wildman–Crippen LogP) is 6.09. The molecule has 0 aliphatic carbocycles. The molecular formula is C22H20Cl3N5O2. The number of rotatable bonds is 8. The summed E-state index contributed by atoms with van der Waals surface area (Å²) in [6, 6.07) is 11.1. The number of halogens is 3. The maximum Gasteiger partial charge on any atom is 0.247 e. The monoisotopic (exact) mass is 491 g/mol. The molecule has 1 unspecified atom stereocenters. The number of benzene rings is 2. The smallest absolute Gasteiger partial charge is 0.247 e. The van der Waals surface area contributed by atoms with E-state index in [2.05, 4.69) is 20.3 Å². The number of hydrogen-bond acceptors (Lipinski definition) is 6. The molecule has 1 atom stereocenters. The molecule has 4 rings (SSSR count). The number of hydrogen-bond donors (Lipinski definition) is 0. The number of methoxy groups -OCH3 is 1. The molecule has 2 aromatic carbocycles. The standard InChI is InChI=1S/C22H20Cl3N5O2/c1-13-26-12-30(29-13)19-8-6-15(11-20(19)31-2)21-27-28-22(32-21)16(4-3-9-23)14-5-7-17(24)18(25)10-14/h5-8,10-12,16H,3-4,9H2,1-2H3. The molecule has 0 spiro atoms. The van der Waals surface area contributed by atoms with E-state index in [1.807, 2.05) is 37.3 Å². The lowest BCUT2D eigenvalue weighted by Gasteiger charge is -2.13. The SMILES string of the molecule is COc1cc(-c2nnc(C(CCCCl)c3ccc(Cl)c(Cl)c3)o2)ccc1-n1cnc(C)n1. The Morgan fingerprint density at radius 1 is 1.09 bits per heavy atom. The third-order valence-corrected chi connectivity index (χ3v) is 6.00. The topological polar surface area (TPSA) is 78.9 Å². The van der Waals surface area contributed by atoms with Gasteiger partial charge in [0.05, 0.1) is 23.1 Å². The second kappa shape index (κ2) is 9.90. The van der Waals surface area contributed by atoms with Crippen molar-refractivity contribution in [3.05, 3.63) is 70.0 Å². The second-order valence-corrected chi connectivity index (χ2v) is 8.32. The Hall–Kier alpha value is -2.61. The zero-order valence-corrected chi connectivity index (χ0v) is 19.7. The van der Waals surface area contributed by atoms with Gasteiger partial charge in [0.1, 0.15) is 23.6 Å². The average molecular weight is 493 g/mol. The highest BCUT2D eigenvalue weighted by molar-refractivity contribution is 6.42. The van der Waals surface area contributed by atoms with Gasteiger partial charge >= 0.3 is 0 Å². The van der Waals surface area contributed by atoms with Crippen molar-refractivity contribution in [1.82, 2.24) is 25.0 Å². The molecule has 4 aromatic rings. The molecule has 0 aliphatic rings. The summed E-state index contributed by atoms with van der Waals surface area (Å²) in [5.74, 6) is 2.52. The fraction of sp³-hybridized carbons (Fsp3) is 0.273. The number of aromatic nitrogens is 5. The Bertz CT molecular complexity index is 1220. The van der Waals surface area contributed by atoms with E-state index in [1.54, 1.807) is 24.2 Å². The van der Waals surface area contributed by atoms with Crippen LogP contribution in [0.5, 0.6) is 5.75 Å². The van der Waals surface area contributed by atoms with Gasteiger partial charge in [0, 0.05) is 11.4 Å². The summed E-state index contributed by atoms with van der Waals surface area (Å²) >= 11 is 18.3. The number of nitrogens with zero attached hydrogens (tertiary/aromatic N) is 5. The maximum absolute atomic E-state index is 6.23. The molecule has 0 bridgehead atoms. The maximum atomic E-state index is 6.23. The van der Waals surface area contributed by atoms with Gasteiger partial charge in [-0.05, 0) is 55.7 Å². The molecule has 7 nitrogen and oxygen atoms in total. The van der Waals surface area contributed by atoms with Crippen LogP contribution in [-0.2, 0) is 0 Å². The molecule has 0 N–H and O–H groups in total. The molecule has 32 heavy (non-hydrogen) atoms. The minimum atomic E-state index is -0.149. The van der Waals surface area contributed by atoms with Gasteiger partial charge in [-0.25, -0.2) is 9.67 Å². The molecule has 10 heteroatoms. The minimum Gasteiger partial charge on any atom is -0.494 e. The van der Waals surface area contributed by atoms with E-state index in [4.69, 9.17) is 44.0 Å². The fourth-order valence-electron chi connectivity index (χ4n) is 3.40. The van der Waals surface area contributed by atoms with Crippen LogP contribution in [0.2, 0.25) is 10.0 Å². The first-order valence-electron chi connectivity index (χ1n) is 9.91. The van der Waals surface area contributed by atoms with Gasteiger partial charge in [-0.15, -0.1) is 21.8 Å². The summed E-state index contributed by atoms with van der Waals surface area (Å²) < 4.78 is 13.3. The first-order chi connectivity index (χ1) is 15.5. The average Bonchev–Trinajstić information content (AvgIpc) is 3.45. The summed E-state index contributed by atoms with van der Waals surface area (Å²) in [5.41, 5.74) is 2.42. The summed E-state index contributed by atoms with van der Waals surface area (Å²) in [5, 5.41) is 13.9. The van der Waals surface area contributed by atoms with E-state index in [0.29, 0.717) is 39.3 Å². The van der Waals surface area contributed by atoms with Crippen molar-refractivity contribution in [2.75, 3.05) is 13.0 Å². The summed E-state index contributed by atoms with van der Waals surface area (Å²) in [6.07, 6.45) is 3.15. The van der Waals surface area contributed by atoms with Crippen molar-refractivity contribution in [3.63, 3.8) is 0 Å². The summed E-state index contributed by atoms with van der Waals surface area (Å²) in [4.78, 5) is 4.16. The lowest BCUT2D eigenvalue weighted by Crippen LogP contribution is -2.02. The molecule has 166 valence electrons. The quantitative estimate of drug-likeness (QED) is 0.277. The Kier molecular flexibility index (Phi) is 6.98. The fourth-order valence-corrected chi connectivity index (χ4v) is 3.86. The first kappa shape index (κ1) is 22.6. The van der Waals surface area contributed by atoms with Crippen molar-refractivity contribution in [2.24, 2.45) is 0 Å². The Morgan fingerprint density at radius 3 is 2.62 bits per heavy atom. The van der Waals surface area contributed by atoms with Gasteiger partial charge in [-0.3, -0.25) is 0 Å². The molecule has 0 saturated carbocycles. The highest BCUT2D eigenvalue weighted by Gasteiger charge is 2.22. The van der Waals surface area contributed by atoms with Crippen LogP contribution in [0, 0.1) is 6.92 Å². The molecule has 0 aliphatic heterocycles. The molecule has 2 aromatic heterocycles. The van der Waals surface area contributed by atoms with Crippen LogP contribution < -0.4 is 4.74 Å². The van der Waals surface area contributed by atoms with Crippen LogP contribution in [0.25, 0.3) is 17.1 Å². The van der Waals surface area contributed by atoms with Crippen molar-refractivity contribution >= 4 is 34.8 Å². The molecule has 2 heterocycles. The minimum absolute atomic E-state index is 0.149. The van der Waals surface area contributed by atoms with Crippen molar-refractivity contribution in [2.45, 2.75) is 25.7 Å². The Balaban J connectivity index is 1.67. The van der Waals surface area contributed by atoms with Gasteiger partial charge in [0.25, 0.3) is 0 Å². The van der Waals surface area contributed by atoms with E-state index in [9.17, 15) is 0 Å². The van der Waals surface area contributed by atoms with Crippen LogP contribution in [0.1, 0.15) is 36.0 Å². The first-order valence-corrected chi connectivity index (χ1v) is 11.2. The molecule has 0 saturated heterocycles. The molecule has 0 radical (unpaired) electrons. The summed E-state index contributed by atoms with van der Waals surface area (Å²) in [6.45, 7) is 1.83. The van der Waals surface area contributed by atoms with E-state index >= 15 is 0 Å². The van der Waals surface area contributed by atoms with Gasteiger partial charge in [-0.2, -0.15) is 5.10 Å². The van der Waals surface area contributed by atoms with Gasteiger partial charge in [-0.1, -0.05) is 29.3 Å². The normalized spacial score (nSPS) is 12.2. The zero-order valence-electron chi connectivity index (χ0n) is 17.4. The number of ether oxygens (including phenoxy) is 1. The van der Waals surface area contributed by atoms with Gasteiger partial charge in [0.15, 0.2) is 0 Å². The second-order valence-electron chi connectivity index (χ2n) is 7.13. The third kappa shape index (κ3) is 4.75. The van der Waals surface area contributed by atoms with E-state index in [-0.39, 0.29) is 5.92 Å². The predicted molar refractivity (Wildman–Crippen MR) is 124 cm³/mol. The van der Waals surface area contributed by atoms with Crippen LogP contribution in [0.3, 0.4) is 0 Å². The third-order valence-electron chi connectivity index (χ3n) is 4.99. The van der Waals surface area contributed by atoms with E-state index in [0.717, 1.165) is 29.7 Å². The van der Waals surface area contributed by atoms with Crippen LogP contribution >= 0.6 is 34.8 Å². The highest BCUT2D eigenvalue weighted by atomic mass is 35.5. The van der Waals surface area contributed by atoms with Gasteiger partial charge in [0.2, 0.25) is 11.8 Å². The Labute approximate surface area is 200 Å². The lowest BCUT2D eigenvalue weighted by atomic mass is 9.94. The lowest BCUT2D eigenvalue weighted by molar-refractivity contribution is 0.411. The van der Waals surface area contributed by atoms with Gasteiger partial charge < -0.3 is 9.15 Å². The zero-order chi connectivity index (χ0) is 22.7. The number of alkyl halides is 1. The Morgan fingerprint density at radius 2 is 1.94 bits per heavy atom. The van der Waals surface area contributed by atoms with Crippen LogP contribution in [-0.4, -0.2) is 38.0 Å². The molecule has 0 fully saturated rings.